The van der Waals surface area contributed by atoms with Gasteiger partial charge >= 0.3 is 5.69 Å². The maximum atomic E-state index is 11.0. The minimum atomic E-state index is -0.456. The quantitative estimate of drug-likeness (QED) is 0.670. The number of ether oxygens (including phenoxy) is 1. The van der Waals surface area contributed by atoms with E-state index >= 15 is 0 Å². The summed E-state index contributed by atoms with van der Waals surface area (Å²) in [5.74, 6) is 0.745. The summed E-state index contributed by atoms with van der Waals surface area (Å²) in [7, 11) is 0. The van der Waals surface area contributed by atoms with E-state index in [1.807, 2.05) is 12.1 Å². The number of benzene rings is 2. The van der Waals surface area contributed by atoms with Gasteiger partial charge in [-0.25, -0.2) is 0 Å². The Hall–Kier alpha value is -2.40. The Labute approximate surface area is 116 Å². The topological polar surface area (TPSA) is 72.6 Å². The van der Waals surface area contributed by atoms with Crippen LogP contribution in [0.3, 0.4) is 0 Å². The van der Waals surface area contributed by atoms with Gasteiger partial charge in [-0.15, -0.1) is 0 Å². The first kappa shape index (κ1) is 14.0. The molecule has 0 saturated heterocycles. The van der Waals surface area contributed by atoms with Gasteiger partial charge in [0.25, 0.3) is 0 Å². The first-order valence-electron chi connectivity index (χ1n) is 6.23. The van der Waals surface area contributed by atoms with Crippen LogP contribution in [0.4, 0.5) is 5.69 Å². The van der Waals surface area contributed by atoms with E-state index in [4.69, 9.17) is 9.84 Å². The number of aliphatic hydroxyl groups is 1. The predicted molar refractivity (Wildman–Crippen MR) is 75.1 cm³/mol. The molecule has 0 amide bonds. The van der Waals surface area contributed by atoms with Gasteiger partial charge in [-0.05, 0) is 42.7 Å². The number of rotatable bonds is 5. The highest BCUT2D eigenvalue weighted by atomic mass is 16.6. The molecule has 2 rings (SSSR count). The Balaban J connectivity index is 2.23. The highest BCUT2D eigenvalue weighted by molar-refractivity contribution is 5.50. The molecular weight excluding hydrogens is 258 g/mol. The lowest BCUT2D eigenvalue weighted by molar-refractivity contribution is -0.385. The van der Waals surface area contributed by atoms with Gasteiger partial charge in [0.1, 0.15) is 5.75 Å². The van der Waals surface area contributed by atoms with Crippen molar-refractivity contribution in [2.45, 2.75) is 13.3 Å². The molecular formula is C15H15NO4. The molecule has 1 N–H and O–H groups in total. The summed E-state index contributed by atoms with van der Waals surface area (Å²) in [5, 5.41) is 19.8. The van der Waals surface area contributed by atoms with Crippen LogP contribution in [0, 0.1) is 17.0 Å². The Morgan fingerprint density at radius 1 is 1.20 bits per heavy atom. The zero-order chi connectivity index (χ0) is 14.5. The van der Waals surface area contributed by atoms with Crippen molar-refractivity contribution in [3.05, 3.63) is 63.7 Å². The number of hydrogen-bond donors (Lipinski definition) is 1. The molecule has 20 heavy (non-hydrogen) atoms. The van der Waals surface area contributed by atoms with Gasteiger partial charge in [-0.2, -0.15) is 0 Å². The minimum Gasteiger partial charge on any atom is -0.450 e. The van der Waals surface area contributed by atoms with E-state index in [0.29, 0.717) is 12.2 Å². The maximum absolute atomic E-state index is 11.0. The van der Waals surface area contributed by atoms with Crippen molar-refractivity contribution in [1.82, 2.24) is 0 Å². The standard InChI is InChI=1S/C15H15NO4/c1-11-2-7-15(14(10-11)16(18)19)20-13-5-3-12(4-6-13)8-9-17/h2-7,10,17H,8-9H2,1H3. The molecule has 0 aliphatic carbocycles. The molecule has 2 aromatic rings. The third-order valence-corrected chi connectivity index (χ3v) is 2.86. The van der Waals surface area contributed by atoms with Crippen LogP contribution in [0.15, 0.2) is 42.5 Å². The lowest BCUT2D eigenvalue weighted by atomic mass is 10.1. The molecule has 0 spiro atoms. The second-order valence-corrected chi connectivity index (χ2v) is 4.45. The van der Waals surface area contributed by atoms with Crippen LogP contribution in [-0.4, -0.2) is 16.6 Å². The number of aliphatic hydroxyl groups excluding tert-OH is 1. The predicted octanol–water partition coefficient (Wildman–Crippen LogP) is 3.23. The van der Waals surface area contributed by atoms with Gasteiger partial charge in [-0.3, -0.25) is 10.1 Å². The van der Waals surface area contributed by atoms with Gasteiger partial charge in [0, 0.05) is 12.7 Å². The number of aryl methyl sites for hydroxylation is 1. The molecule has 0 radical (unpaired) electrons. The zero-order valence-corrected chi connectivity index (χ0v) is 11.1. The smallest absolute Gasteiger partial charge is 0.311 e. The summed E-state index contributed by atoms with van der Waals surface area (Å²) in [6, 6.07) is 12.0. The van der Waals surface area contributed by atoms with Crippen LogP contribution in [0.1, 0.15) is 11.1 Å². The summed E-state index contributed by atoms with van der Waals surface area (Å²) < 4.78 is 5.55. The minimum absolute atomic E-state index is 0.0514. The van der Waals surface area contributed by atoms with E-state index in [0.717, 1.165) is 11.1 Å². The Morgan fingerprint density at radius 3 is 2.50 bits per heavy atom. The number of nitrogens with zero attached hydrogens (tertiary/aromatic N) is 1. The van der Waals surface area contributed by atoms with Gasteiger partial charge < -0.3 is 9.84 Å². The molecule has 5 nitrogen and oxygen atoms in total. The third-order valence-electron chi connectivity index (χ3n) is 2.86. The molecule has 0 atom stereocenters. The summed E-state index contributed by atoms with van der Waals surface area (Å²) >= 11 is 0. The fourth-order valence-electron chi connectivity index (χ4n) is 1.84. The molecule has 0 aliphatic heterocycles. The van der Waals surface area contributed by atoms with Crippen molar-refractivity contribution in [2.24, 2.45) is 0 Å². The molecule has 0 saturated carbocycles. The molecule has 0 fully saturated rings. The average molecular weight is 273 g/mol. The lowest BCUT2D eigenvalue weighted by Crippen LogP contribution is -1.95. The van der Waals surface area contributed by atoms with Gasteiger partial charge in [0.15, 0.2) is 0 Å². The zero-order valence-electron chi connectivity index (χ0n) is 11.1. The van der Waals surface area contributed by atoms with Crippen LogP contribution < -0.4 is 4.74 Å². The van der Waals surface area contributed by atoms with Crippen molar-refractivity contribution in [2.75, 3.05) is 6.61 Å². The lowest BCUT2D eigenvalue weighted by Gasteiger charge is -2.07. The molecule has 5 heteroatoms. The second kappa shape index (κ2) is 6.16. The Kier molecular flexibility index (Phi) is 4.32. The Bertz CT molecular complexity index is 608. The summed E-state index contributed by atoms with van der Waals surface area (Å²) in [5.41, 5.74) is 1.74. The van der Waals surface area contributed by atoms with Crippen molar-refractivity contribution in [3.63, 3.8) is 0 Å². The monoisotopic (exact) mass is 273 g/mol. The van der Waals surface area contributed by atoms with Gasteiger partial charge in [0.2, 0.25) is 5.75 Å². The summed E-state index contributed by atoms with van der Waals surface area (Å²) in [6.45, 7) is 1.88. The molecule has 0 aromatic heterocycles. The first-order chi connectivity index (χ1) is 9.60. The second-order valence-electron chi connectivity index (χ2n) is 4.45. The Morgan fingerprint density at radius 2 is 1.90 bits per heavy atom. The van der Waals surface area contributed by atoms with E-state index in [-0.39, 0.29) is 18.0 Å². The van der Waals surface area contributed by atoms with Gasteiger partial charge in [-0.1, -0.05) is 18.2 Å². The van der Waals surface area contributed by atoms with E-state index < -0.39 is 4.92 Å². The van der Waals surface area contributed by atoms with E-state index in [9.17, 15) is 10.1 Å². The SMILES string of the molecule is Cc1ccc(Oc2ccc(CCO)cc2)c([N+](=O)[O-])c1. The van der Waals surface area contributed by atoms with Crippen LogP contribution >= 0.6 is 0 Å². The molecule has 0 unspecified atom stereocenters. The first-order valence-corrected chi connectivity index (χ1v) is 6.23. The molecule has 0 heterocycles. The fourth-order valence-corrected chi connectivity index (χ4v) is 1.84. The maximum Gasteiger partial charge on any atom is 0.311 e. The average Bonchev–Trinajstić information content (AvgIpc) is 2.43. The van der Waals surface area contributed by atoms with Crippen molar-refractivity contribution < 1.29 is 14.8 Å². The summed E-state index contributed by atoms with van der Waals surface area (Å²) in [6.07, 6.45) is 0.574. The number of hydrogen-bond acceptors (Lipinski definition) is 4. The van der Waals surface area contributed by atoms with Crippen molar-refractivity contribution >= 4 is 5.69 Å². The molecule has 0 aliphatic rings. The molecule has 104 valence electrons. The number of nitro benzene ring substituents is 1. The fraction of sp³-hybridized carbons (Fsp3) is 0.200. The van der Waals surface area contributed by atoms with Crippen LogP contribution in [0.2, 0.25) is 0 Å². The third kappa shape index (κ3) is 3.33. The van der Waals surface area contributed by atoms with Crippen molar-refractivity contribution in [3.8, 4) is 11.5 Å². The van der Waals surface area contributed by atoms with Crippen molar-refractivity contribution in [1.29, 1.82) is 0 Å². The highest BCUT2D eigenvalue weighted by Gasteiger charge is 2.15. The van der Waals surface area contributed by atoms with E-state index in [1.54, 1.807) is 31.2 Å². The van der Waals surface area contributed by atoms with E-state index in [1.165, 1.54) is 6.07 Å². The molecule has 2 aromatic carbocycles. The highest BCUT2D eigenvalue weighted by Crippen LogP contribution is 2.32. The number of nitro groups is 1. The van der Waals surface area contributed by atoms with Crippen LogP contribution in [0.5, 0.6) is 11.5 Å². The van der Waals surface area contributed by atoms with Crippen LogP contribution in [0.25, 0.3) is 0 Å². The summed E-state index contributed by atoms with van der Waals surface area (Å²) in [4.78, 5) is 10.5. The largest absolute Gasteiger partial charge is 0.450 e. The molecule has 0 bridgehead atoms. The van der Waals surface area contributed by atoms with E-state index in [2.05, 4.69) is 0 Å². The van der Waals surface area contributed by atoms with Gasteiger partial charge in [0.05, 0.1) is 4.92 Å². The van der Waals surface area contributed by atoms with Crippen LogP contribution in [-0.2, 0) is 6.42 Å². The normalized spacial score (nSPS) is 10.3.